The molecule has 0 amide bonds. The van der Waals surface area contributed by atoms with Gasteiger partial charge in [0.15, 0.2) is 0 Å². The second-order valence-electron chi connectivity index (χ2n) is 7.76. The largest absolute Gasteiger partial charge is 0.497 e. The van der Waals surface area contributed by atoms with Crippen LogP contribution in [0.15, 0.2) is 36.4 Å². The molecule has 4 heteroatoms. The van der Waals surface area contributed by atoms with Gasteiger partial charge in [0, 0.05) is 23.2 Å². The van der Waals surface area contributed by atoms with Gasteiger partial charge >= 0.3 is 0 Å². The molecular weight excluding hydrogens is 368 g/mol. The first-order valence-electron chi connectivity index (χ1n) is 10.4. The van der Waals surface area contributed by atoms with E-state index in [2.05, 4.69) is 49.3 Å². The minimum absolute atomic E-state index is 0.394. The normalized spacial score (nSPS) is 12.6. The van der Waals surface area contributed by atoms with E-state index in [-0.39, 0.29) is 0 Å². The van der Waals surface area contributed by atoms with Crippen molar-refractivity contribution >= 4 is 39.1 Å². The van der Waals surface area contributed by atoms with Gasteiger partial charge in [-0.05, 0) is 43.5 Å². The highest BCUT2D eigenvalue weighted by Crippen LogP contribution is 2.33. The topological polar surface area (TPSA) is 35.4 Å². The summed E-state index contributed by atoms with van der Waals surface area (Å²) in [4.78, 5) is 3.51. The average molecular weight is 400 g/mol. The summed E-state index contributed by atoms with van der Waals surface area (Å²) >= 11 is 6.24. The molecule has 0 saturated heterocycles. The number of hydrogen-bond donors (Lipinski definition) is 1. The third kappa shape index (κ3) is 4.70. The van der Waals surface area contributed by atoms with Crippen molar-refractivity contribution in [3.8, 4) is 5.75 Å². The van der Waals surface area contributed by atoms with Crippen LogP contribution in [0.1, 0.15) is 52.9 Å². The van der Waals surface area contributed by atoms with Gasteiger partial charge in [-0.3, -0.25) is 0 Å². The Balaban J connectivity index is 1.92. The fraction of sp³-hybridized carbons (Fsp3) is 0.458. The molecular formula is C24H32ClN2O+. The maximum absolute atomic E-state index is 6.24. The van der Waals surface area contributed by atoms with Gasteiger partial charge in [0.2, 0.25) is 11.0 Å². The maximum Gasteiger partial charge on any atom is 0.214 e. The van der Waals surface area contributed by atoms with E-state index in [4.69, 9.17) is 16.3 Å². The van der Waals surface area contributed by atoms with E-state index in [1.807, 2.05) is 18.2 Å². The van der Waals surface area contributed by atoms with E-state index in [0.29, 0.717) is 6.04 Å². The zero-order valence-electron chi connectivity index (χ0n) is 17.4. The Bertz CT molecular complexity index is 937. The lowest BCUT2D eigenvalue weighted by atomic mass is 9.95. The summed E-state index contributed by atoms with van der Waals surface area (Å²) in [6, 6.07) is 12.6. The maximum atomic E-state index is 6.24. The van der Waals surface area contributed by atoms with Crippen LogP contribution in [0.2, 0.25) is 5.02 Å². The number of pyridine rings is 1. The molecule has 150 valence electrons. The summed E-state index contributed by atoms with van der Waals surface area (Å²) in [5, 5.41) is 6.82. The fourth-order valence-corrected chi connectivity index (χ4v) is 4.15. The highest BCUT2D eigenvalue weighted by molar-refractivity contribution is 6.31. The number of aromatic nitrogens is 1. The van der Waals surface area contributed by atoms with Crippen LogP contribution in [-0.2, 0) is 0 Å². The Labute approximate surface area is 173 Å². The van der Waals surface area contributed by atoms with Crippen molar-refractivity contribution in [1.82, 2.24) is 0 Å². The van der Waals surface area contributed by atoms with Crippen LogP contribution < -0.4 is 15.0 Å². The summed E-state index contributed by atoms with van der Waals surface area (Å²) in [5.74, 6) is 1.71. The number of rotatable bonds is 9. The summed E-state index contributed by atoms with van der Waals surface area (Å²) in [6.07, 6.45) is 6.29. The highest BCUT2D eigenvalue weighted by atomic mass is 35.5. The SMILES string of the molecule is CCC(CC)CCCC(C)Nc1c2ccc(Cl)cc2[nH+]c2ccc(OC)cc12. The molecule has 0 radical (unpaired) electrons. The molecule has 2 N–H and O–H groups in total. The van der Waals surface area contributed by atoms with Crippen molar-refractivity contribution in [2.45, 2.75) is 58.9 Å². The average Bonchev–Trinajstić information content (AvgIpc) is 2.70. The van der Waals surface area contributed by atoms with E-state index >= 15 is 0 Å². The number of H-pyrrole nitrogens is 1. The number of anilines is 1. The number of ether oxygens (including phenoxy) is 1. The number of aromatic amines is 1. The molecule has 0 aliphatic heterocycles. The van der Waals surface area contributed by atoms with E-state index in [1.165, 1.54) is 25.7 Å². The second kappa shape index (κ2) is 9.47. The van der Waals surface area contributed by atoms with Crippen molar-refractivity contribution < 1.29 is 9.72 Å². The van der Waals surface area contributed by atoms with Crippen LogP contribution in [0, 0.1) is 5.92 Å². The predicted octanol–water partition coefficient (Wildman–Crippen LogP) is 6.88. The lowest BCUT2D eigenvalue weighted by molar-refractivity contribution is -0.310. The Morgan fingerprint density at radius 3 is 2.50 bits per heavy atom. The zero-order valence-corrected chi connectivity index (χ0v) is 18.2. The van der Waals surface area contributed by atoms with Gasteiger partial charge in [-0.1, -0.05) is 51.1 Å². The molecule has 0 aliphatic carbocycles. The van der Waals surface area contributed by atoms with Crippen LogP contribution in [0.5, 0.6) is 5.75 Å². The number of halogens is 1. The summed E-state index contributed by atoms with van der Waals surface area (Å²) in [7, 11) is 1.71. The van der Waals surface area contributed by atoms with Gasteiger partial charge < -0.3 is 10.1 Å². The molecule has 1 heterocycles. The fourth-order valence-electron chi connectivity index (χ4n) is 3.98. The molecule has 1 atom stereocenters. The summed E-state index contributed by atoms with van der Waals surface area (Å²) in [6.45, 7) is 6.87. The third-order valence-corrected chi connectivity index (χ3v) is 6.05. The van der Waals surface area contributed by atoms with E-state index in [0.717, 1.165) is 50.6 Å². The second-order valence-corrected chi connectivity index (χ2v) is 8.20. The van der Waals surface area contributed by atoms with Gasteiger partial charge in [-0.25, -0.2) is 4.98 Å². The molecule has 0 bridgehead atoms. The smallest absolute Gasteiger partial charge is 0.214 e. The first-order valence-corrected chi connectivity index (χ1v) is 10.8. The van der Waals surface area contributed by atoms with Gasteiger partial charge in [0.1, 0.15) is 5.75 Å². The molecule has 0 saturated carbocycles. The minimum Gasteiger partial charge on any atom is -0.497 e. The molecule has 3 nitrogen and oxygen atoms in total. The van der Waals surface area contributed by atoms with Crippen molar-refractivity contribution in [3.63, 3.8) is 0 Å². The number of benzene rings is 2. The van der Waals surface area contributed by atoms with E-state index < -0.39 is 0 Å². The Morgan fingerprint density at radius 1 is 1.00 bits per heavy atom. The molecule has 3 rings (SSSR count). The van der Waals surface area contributed by atoms with E-state index in [1.54, 1.807) is 7.11 Å². The predicted molar refractivity (Wildman–Crippen MR) is 121 cm³/mol. The first kappa shape index (κ1) is 20.7. The van der Waals surface area contributed by atoms with Gasteiger partial charge in [-0.2, -0.15) is 0 Å². The minimum atomic E-state index is 0.394. The monoisotopic (exact) mass is 399 g/mol. The number of hydrogen-bond acceptors (Lipinski definition) is 2. The van der Waals surface area contributed by atoms with Crippen molar-refractivity contribution in [2.24, 2.45) is 5.92 Å². The Hall–Kier alpha value is -2.00. The molecule has 1 aromatic heterocycles. The van der Waals surface area contributed by atoms with E-state index in [9.17, 15) is 0 Å². The van der Waals surface area contributed by atoms with Crippen LogP contribution in [0.25, 0.3) is 21.8 Å². The number of methoxy groups -OCH3 is 1. The van der Waals surface area contributed by atoms with Gasteiger partial charge in [0.25, 0.3) is 0 Å². The van der Waals surface area contributed by atoms with Crippen molar-refractivity contribution in [1.29, 1.82) is 0 Å². The number of nitrogens with one attached hydrogen (secondary N) is 2. The molecule has 3 aromatic rings. The van der Waals surface area contributed by atoms with Crippen LogP contribution in [0.4, 0.5) is 5.69 Å². The Morgan fingerprint density at radius 2 is 1.79 bits per heavy atom. The van der Waals surface area contributed by atoms with Crippen LogP contribution in [-0.4, -0.2) is 13.2 Å². The zero-order chi connectivity index (χ0) is 20.1. The highest BCUT2D eigenvalue weighted by Gasteiger charge is 2.17. The molecule has 1 unspecified atom stereocenters. The Kier molecular flexibility index (Phi) is 7.01. The standard InChI is InChI=1S/C24H31ClN2O/c1-5-17(6-2)9-7-8-16(3)26-24-20-12-10-18(25)14-23(20)27-22-13-11-19(28-4)15-21(22)24/h10-17H,5-9H2,1-4H3,(H,26,27)/p+1. The summed E-state index contributed by atoms with van der Waals surface area (Å²) < 4.78 is 5.47. The van der Waals surface area contributed by atoms with Crippen LogP contribution in [0.3, 0.4) is 0 Å². The molecule has 0 spiro atoms. The molecule has 0 fully saturated rings. The molecule has 2 aromatic carbocycles. The van der Waals surface area contributed by atoms with Crippen molar-refractivity contribution in [3.05, 3.63) is 41.4 Å². The van der Waals surface area contributed by atoms with Crippen LogP contribution >= 0.6 is 11.6 Å². The molecule has 0 aliphatic rings. The number of fused-ring (bicyclic) bond motifs is 2. The van der Waals surface area contributed by atoms with Gasteiger partial charge in [0.05, 0.1) is 23.6 Å². The third-order valence-electron chi connectivity index (χ3n) is 5.81. The summed E-state index contributed by atoms with van der Waals surface area (Å²) in [5.41, 5.74) is 3.26. The lowest BCUT2D eigenvalue weighted by Crippen LogP contribution is -2.18. The quantitative estimate of drug-likeness (QED) is 0.398. The lowest BCUT2D eigenvalue weighted by Gasteiger charge is -2.19. The van der Waals surface area contributed by atoms with Gasteiger partial charge in [-0.15, -0.1) is 0 Å². The molecule has 28 heavy (non-hydrogen) atoms. The first-order chi connectivity index (χ1) is 13.5. The van der Waals surface area contributed by atoms with Crippen molar-refractivity contribution in [2.75, 3.05) is 12.4 Å².